The monoisotopic (exact) mass is 685 g/mol. The maximum Gasteiger partial charge on any atom is 0.472 e. The Hall–Kier alpha value is -1.77. The molecular weight excluding hydrogens is 617 g/mol. The standard InChI is InChI=1S/C37H68NO8P/c1-3-5-7-9-11-13-15-16-17-18-19-20-21-23-25-27-29-36(40)38-31-32-45-47(42,43)46-34-35(39)33-44-37(41)30-28-26-24-22-14-12-10-8-6-4-2/h8,10,13,15,17-18,35,39H,3-7,9,11-12,14,16,19-34H2,1-2H3,(H,38,40)(H,42,43)/b10-8-,15-13-,18-17-. The molecule has 0 saturated heterocycles. The molecule has 0 saturated carbocycles. The highest BCUT2D eigenvalue weighted by Crippen LogP contribution is 2.42. The summed E-state index contributed by atoms with van der Waals surface area (Å²) >= 11 is 0. The number of esters is 1. The van der Waals surface area contributed by atoms with E-state index in [9.17, 15) is 24.2 Å². The van der Waals surface area contributed by atoms with Crippen molar-refractivity contribution in [3.8, 4) is 0 Å². The van der Waals surface area contributed by atoms with Gasteiger partial charge in [-0.05, 0) is 64.2 Å². The molecule has 0 aromatic rings. The lowest BCUT2D eigenvalue weighted by Crippen LogP contribution is -2.27. The molecule has 0 bridgehead atoms. The lowest BCUT2D eigenvalue weighted by Gasteiger charge is -2.15. The molecule has 274 valence electrons. The van der Waals surface area contributed by atoms with Crippen molar-refractivity contribution in [3.05, 3.63) is 36.5 Å². The van der Waals surface area contributed by atoms with Gasteiger partial charge in [-0.1, -0.05) is 115 Å². The van der Waals surface area contributed by atoms with Crippen molar-refractivity contribution in [2.24, 2.45) is 0 Å². The van der Waals surface area contributed by atoms with Gasteiger partial charge in [-0.15, -0.1) is 0 Å². The van der Waals surface area contributed by atoms with Crippen LogP contribution in [0.15, 0.2) is 36.5 Å². The van der Waals surface area contributed by atoms with Crippen LogP contribution in [0.3, 0.4) is 0 Å². The van der Waals surface area contributed by atoms with Crippen LogP contribution < -0.4 is 5.32 Å². The fourth-order valence-corrected chi connectivity index (χ4v) is 5.46. The predicted molar refractivity (Wildman–Crippen MR) is 192 cm³/mol. The summed E-state index contributed by atoms with van der Waals surface area (Å²) in [6, 6.07) is 0. The summed E-state index contributed by atoms with van der Waals surface area (Å²) in [5.74, 6) is -0.545. The molecule has 0 heterocycles. The lowest BCUT2D eigenvalue weighted by atomic mass is 10.1. The van der Waals surface area contributed by atoms with Crippen molar-refractivity contribution in [2.45, 2.75) is 161 Å². The molecule has 0 rings (SSSR count). The molecule has 0 aliphatic heterocycles. The number of nitrogens with one attached hydrogen (secondary N) is 1. The molecule has 0 spiro atoms. The number of hydrogen-bond acceptors (Lipinski definition) is 7. The third kappa shape index (κ3) is 35.4. The summed E-state index contributed by atoms with van der Waals surface area (Å²) in [5.41, 5.74) is 0. The van der Waals surface area contributed by atoms with Gasteiger partial charge in [0, 0.05) is 19.4 Å². The largest absolute Gasteiger partial charge is 0.472 e. The van der Waals surface area contributed by atoms with Gasteiger partial charge in [0.2, 0.25) is 5.91 Å². The van der Waals surface area contributed by atoms with Gasteiger partial charge in [-0.3, -0.25) is 18.6 Å². The predicted octanol–water partition coefficient (Wildman–Crippen LogP) is 9.43. The Morgan fingerprint density at radius 3 is 1.81 bits per heavy atom. The van der Waals surface area contributed by atoms with Crippen molar-refractivity contribution in [1.29, 1.82) is 0 Å². The van der Waals surface area contributed by atoms with Crippen molar-refractivity contribution in [3.63, 3.8) is 0 Å². The average molecular weight is 686 g/mol. The van der Waals surface area contributed by atoms with E-state index in [-0.39, 0.29) is 32.1 Å². The Kier molecular flexibility index (Phi) is 32.8. The first-order valence-corrected chi connectivity index (χ1v) is 20.0. The highest BCUT2D eigenvalue weighted by molar-refractivity contribution is 7.47. The van der Waals surface area contributed by atoms with Crippen molar-refractivity contribution in [2.75, 3.05) is 26.4 Å². The minimum atomic E-state index is -4.41. The molecular formula is C37H68NO8P. The summed E-state index contributed by atoms with van der Waals surface area (Å²) in [5, 5.41) is 12.6. The normalized spacial score (nSPS) is 13.9. The molecule has 1 amide bonds. The van der Waals surface area contributed by atoms with Crippen LogP contribution in [-0.2, 0) is 27.9 Å². The second-order valence-electron chi connectivity index (χ2n) is 12.2. The first kappa shape index (κ1) is 45.2. The Balaban J connectivity index is 3.66. The Morgan fingerprint density at radius 2 is 1.19 bits per heavy atom. The summed E-state index contributed by atoms with van der Waals surface area (Å²) in [4.78, 5) is 33.7. The van der Waals surface area contributed by atoms with Crippen LogP contribution in [0.5, 0.6) is 0 Å². The van der Waals surface area contributed by atoms with E-state index >= 15 is 0 Å². The zero-order valence-corrected chi connectivity index (χ0v) is 30.6. The lowest BCUT2D eigenvalue weighted by molar-refractivity contribution is -0.147. The van der Waals surface area contributed by atoms with E-state index in [1.54, 1.807) is 0 Å². The van der Waals surface area contributed by atoms with Crippen LogP contribution in [0.2, 0.25) is 0 Å². The fraction of sp³-hybridized carbons (Fsp3) is 0.784. The second-order valence-corrected chi connectivity index (χ2v) is 13.6. The van der Waals surface area contributed by atoms with Crippen LogP contribution in [0.25, 0.3) is 0 Å². The number of carbonyl (C=O) groups excluding carboxylic acids is 2. The van der Waals surface area contributed by atoms with Crippen molar-refractivity contribution in [1.82, 2.24) is 5.32 Å². The number of carbonyl (C=O) groups is 2. The van der Waals surface area contributed by atoms with Gasteiger partial charge in [0.15, 0.2) is 0 Å². The van der Waals surface area contributed by atoms with Gasteiger partial charge < -0.3 is 20.1 Å². The number of unbranched alkanes of at least 4 members (excludes halogenated alkanes) is 15. The molecule has 2 atom stereocenters. The fourth-order valence-electron chi connectivity index (χ4n) is 4.70. The molecule has 47 heavy (non-hydrogen) atoms. The number of allylic oxidation sites excluding steroid dienone is 6. The number of amides is 1. The topological polar surface area (TPSA) is 131 Å². The zero-order valence-electron chi connectivity index (χ0n) is 29.7. The average Bonchev–Trinajstić information content (AvgIpc) is 3.05. The van der Waals surface area contributed by atoms with E-state index in [1.165, 1.54) is 38.5 Å². The summed E-state index contributed by atoms with van der Waals surface area (Å²) in [7, 11) is -4.41. The van der Waals surface area contributed by atoms with Gasteiger partial charge >= 0.3 is 13.8 Å². The minimum absolute atomic E-state index is 0.0727. The van der Waals surface area contributed by atoms with E-state index in [2.05, 4.69) is 55.6 Å². The van der Waals surface area contributed by atoms with Gasteiger partial charge in [-0.25, -0.2) is 4.57 Å². The summed E-state index contributed by atoms with van der Waals surface area (Å²) in [6.07, 6.45) is 35.1. The molecule has 0 aliphatic rings. The smallest absolute Gasteiger partial charge is 0.463 e. The quantitative estimate of drug-likeness (QED) is 0.0264. The van der Waals surface area contributed by atoms with Gasteiger partial charge in [-0.2, -0.15) is 0 Å². The van der Waals surface area contributed by atoms with Crippen LogP contribution in [-0.4, -0.2) is 54.3 Å². The SMILES string of the molecule is CCC/C=C\CCCCCCCC(=O)OCC(O)COP(=O)(O)OCCNC(=O)CCCCCCC/C=C\C/C=C\CCCCCC. The number of aliphatic hydroxyl groups is 1. The number of rotatable bonds is 34. The van der Waals surface area contributed by atoms with Crippen LogP contribution in [0, 0.1) is 0 Å². The van der Waals surface area contributed by atoms with Crippen LogP contribution in [0.4, 0.5) is 0 Å². The zero-order chi connectivity index (χ0) is 34.7. The highest BCUT2D eigenvalue weighted by atomic mass is 31.2. The Bertz CT molecular complexity index is 876. The molecule has 9 nitrogen and oxygen atoms in total. The molecule has 0 aliphatic carbocycles. The molecule has 3 N–H and O–H groups in total. The molecule has 0 fully saturated rings. The third-order valence-electron chi connectivity index (χ3n) is 7.52. The Morgan fingerprint density at radius 1 is 0.660 bits per heavy atom. The molecule has 0 aromatic carbocycles. The molecule has 0 aromatic heterocycles. The molecule has 10 heteroatoms. The van der Waals surface area contributed by atoms with E-state index in [0.717, 1.165) is 89.9 Å². The van der Waals surface area contributed by atoms with Crippen molar-refractivity contribution >= 4 is 19.7 Å². The number of hydrogen-bond donors (Lipinski definition) is 3. The van der Waals surface area contributed by atoms with Gasteiger partial charge in [0.25, 0.3) is 0 Å². The summed E-state index contributed by atoms with van der Waals surface area (Å²) < 4.78 is 26.7. The van der Waals surface area contributed by atoms with Crippen molar-refractivity contribution < 1.29 is 37.9 Å². The maximum atomic E-state index is 12.0. The first-order valence-electron chi connectivity index (χ1n) is 18.5. The number of ether oxygens (including phenoxy) is 1. The van der Waals surface area contributed by atoms with Gasteiger partial charge in [0.1, 0.15) is 12.7 Å². The van der Waals surface area contributed by atoms with Gasteiger partial charge in [0.05, 0.1) is 13.2 Å². The van der Waals surface area contributed by atoms with E-state index in [4.69, 9.17) is 13.8 Å². The van der Waals surface area contributed by atoms with E-state index < -0.39 is 26.5 Å². The van der Waals surface area contributed by atoms with Crippen LogP contribution in [0.1, 0.15) is 155 Å². The minimum Gasteiger partial charge on any atom is -0.463 e. The third-order valence-corrected chi connectivity index (χ3v) is 8.51. The summed E-state index contributed by atoms with van der Waals surface area (Å²) in [6.45, 7) is 3.42. The number of phosphoric ester groups is 1. The number of phosphoric acid groups is 1. The molecule has 2 unspecified atom stereocenters. The maximum absolute atomic E-state index is 12.0. The first-order chi connectivity index (χ1) is 22.8. The van der Waals surface area contributed by atoms with E-state index in [1.807, 2.05) is 0 Å². The number of aliphatic hydroxyl groups excluding tert-OH is 1. The second kappa shape index (κ2) is 34.1. The van der Waals surface area contributed by atoms with E-state index in [0.29, 0.717) is 6.42 Å². The Labute approximate surface area is 286 Å². The highest BCUT2D eigenvalue weighted by Gasteiger charge is 2.23. The van der Waals surface area contributed by atoms with Crippen LogP contribution >= 0.6 is 7.82 Å². The molecule has 0 radical (unpaired) electrons.